The van der Waals surface area contributed by atoms with Crippen LogP contribution in [0.1, 0.15) is 27.7 Å². The van der Waals surface area contributed by atoms with E-state index in [0.717, 1.165) is 0 Å². The first-order valence-corrected chi connectivity index (χ1v) is 10.5. The first-order chi connectivity index (χ1) is 14.6. The Morgan fingerprint density at radius 1 is 1.32 bits per heavy atom. The van der Waals surface area contributed by atoms with Crippen molar-refractivity contribution in [3.63, 3.8) is 0 Å². The summed E-state index contributed by atoms with van der Waals surface area (Å²) in [6, 6.07) is 7.11. The van der Waals surface area contributed by atoms with Gasteiger partial charge in [0.25, 0.3) is 6.01 Å². The summed E-state index contributed by atoms with van der Waals surface area (Å²) in [6.45, 7) is 8.81. The second-order valence-electron chi connectivity index (χ2n) is 8.58. The molecule has 0 bridgehead atoms. The maximum Gasteiger partial charge on any atom is 0.410 e. The molecule has 0 radical (unpaired) electrons. The van der Waals surface area contributed by atoms with Gasteiger partial charge < -0.3 is 19.0 Å². The molecule has 1 aliphatic rings. The van der Waals surface area contributed by atoms with E-state index in [1.807, 2.05) is 38.7 Å². The van der Waals surface area contributed by atoms with Gasteiger partial charge in [0.05, 0.1) is 10.7 Å². The number of piperazine rings is 1. The summed E-state index contributed by atoms with van der Waals surface area (Å²) in [6.07, 6.45) is 1.29. The fourth-order valence-electron chi connectivity index (χ4n) is 3.58. The zero-order chi connectivity index (χ0) is 22.3. The number of carbonyl (C=O) groups is 1. The summed E-state index contributed by atoms with van der Waals surface area (Å²) in [5, 5.41) is -0.0456. The van der Waals surface area contributed by atoms with Crippen LogP contribution in [0.2, 0.25) is 5.02 Å². The van der Waals surface area contributed by atoms with E-state index in [-0.39, 0.29) is 34.3 Å². The third-order valence-corrected chi connectivity index (χ3v) is 5.29. The number of oxazole rings is 1. The molecule has 3 aromatic rings. The molecular weight excluding hydrogens is 423 g/mol. The highest BCUT2D eigenvalue weighted by Crippen LogP contribution is 2.36. The molecule has 164 valence electrons. The van der Waals surface area contributed by atoms with Gasteiger partial charge in [0.2, 0.25) is 0 Å². The molecule has 1 atom stereocenters. The summed E-state index contributed by atoms with van der Waals surface area (Å²) in [5.41, 5.74) is 0.971. The molecule has 3 heterocycles. The Balaban J connectivity index is 1.64. The SMILES string of the molecule is C[C@H]1CN(C(=O)OC(C)(C)C)CCN1c1nc2c(F)c(Cl)cc(-c3ccccn3)c2o1. The van der Waals surface area contributed by atoms with E-state index >= 15 is 0 Å². The zero-order valence-corrected chi connectivity index (χ0v) is 18.6. The summed E-state index contributed by atoms with van der Waals surface area (Å²) in [5.74, 6) is -0.633. The third-order valence-electron chi connectivity index (χ3n) is 5.01. The number of rotatable bonds is 2. The predicted molar refractivity (Wildman–Crippen MR) is 117 cm³/mol. The monoisotopic (exact) mass is 446 g/mol. The first kappa shape index (κ1) is 21.4. The number of benzene rings is 1. The van der Waals surface area contributed by atoms with Crippen LogP contribution in [0.3, 0.4) is 0 Å². The van der Waals surface area contributed by atoms with Gasteiger partial charge in [-0.2, -0.15) is 4.98 Å². The highest BCUT2D eigenvalue weighted by molar-refractivity contribution is 6.32. The third kappa shape index (κ3) is 4.30. The van der Waals surface area contributed by atoms with Crippen molar-refractivity contribution in [2.45, 2.75) is 39.3 Å². The quantitative estimate of drug-likeness (QED) is 0.543. The van der Waals surface area contributed by atoms with Crippen LogP contribution in [0.5, 0.6) is 0 Å². The Kier molecular flexibility index (Phi) is 5.51. The van der Waals surface area contributed by atoms with Gasteiger partial charge in [0, 0.05) is 37.4 Å². The standard InChI is InChI=1S/C22H24ClFN4O3/c1-13-12-27(21(29)31-22(2,3)4)9-10-28(13)20-26-18-17(24)15(23)11-14(19(18)30-20)16-7-5-6-8-25-16/h5-8,11,13H,9-10,12H2,1-4H3/t13-/m0/s1. The summed E-state index contributed by atoms with van der Waals surface area (Å²) >= 11 is 6.12. The Labute approximate surface area is 184 Å². The van der Waals surface area contributed by atoms with E-state index in [4.69, 9.17) is 20.8 Å². The van der Waals surface area contributed by atoms with E-state index < -0.39 is 11.4 Å². The van der Waals surface area contributed by atoms with Crippen LogP contribution in [0.4, 0.5) is 15.2 Å². The van der Waals surface area contributed by atoms with Crippen LogP contribution in [0.25, 0.3) is 22.4 Å². The van der Waals surface area contributed by atoms with Crippen molar-refractivity contribution >= 4 is 34.8 Å². The molecular formula is C22H24ClFN4O3. The molecule has 31 heavy (non-hydrogen) atoms. The van der Waals surface area contributed by atoms with E-state index in [0.29, 0.717) is 30.9 Å². The molecule has 2 aromatic heterocycles. The van der Waals surface area contributed by atoms with E-state index in [9.17, 15) is 9.18 Å². The second-order valence-corrected chi connectivity index (χ2v) is 8.99. The molecule has 9 heteroatoms. The molecule has 0 spiro atoms. The number of anilines is 1. The Morgan fingerprint density at radius 2 is 2.10 bits per heavy atom. The number of hydrogen-bond acceptors (Lipinski definition) is 6. The number of pyridine rings is 1. The fraction of sp³-hybridized carbons (Fsp3) is 0.409. The molecule has 1 fully saturated rings. The lowest BCUT2D eigenvalue weighted by Crippen LogP contribution is -2.54. The van der Waals surface area contributed by atoms with Gasteiger partial charge in [-0.25, -0.2) is 9.18 Å². The number of carbonyl (C=O) groups excluding carboxylic acids is 1. The average Bonchev–Trinajstić information content (AvgIpc) is 3.15. The van der Waals surface area contributed by atoms with Crippen molar-refractivity contribution in [2.75, 3.05) is 24.5 Å². The van der Waals surface area contributed by atoms with E-state index in [2.05, 4.69) is 9.97 Å². The topological polar surface area (TPSA) is 71.7 Å². The van der Waals surface area contributed by atoms with Gasteiger partial charge >= 0.3 is 6.09 Å². The van der Waals surface area contributed by atoms with Crippen LogP contribution in [-0.2, 0) is 4.74 Å². The van der Waals surface area contributed by atoms with Gasteiger partial charge in [-0.1, -0.05) is 17.7 Å². The second kappa shape index (κ2) is 8.00. The normalized spacial score (nSPS) is 17.3. The Hall–Kier alpha value is -2.87. The lowest BCUT2D eigenvalue weighted by atomic mass is 10.1. The lowest BCUT2D eigenvalue weighted by molar-refractivity contribution is 0.0216. The molecule has 0 N–H and O–H groups in total. The summed E-state index contributed by atoms with van der Waals surface area (Å²) in [7, 11) is 0. The molecule has 1 saturated heterocycles. The lowest BCUT2D eigenvalue weighted by Gasteiger charge is -2.39. The molecule has 0 aliphatic carbocycles. The van der Waals surface area contributed by atoms with Crippen LogP contribution < -0.4 is 4.90 Å². The molecule has 0 saturated carbocycles. The molecule has 1 aliphatic heterocycles. The predicted octanol–water partition coefficient (Wildman–Crippen LogP) is 5.13. The average molecular weight is 447 g/mol. The van der Waals surface area contributed by atoms with E-state index in [1.54, 1.807) is 23.2 Å². The minimum Gasteiger partial charge on any atom is -0.444 e. The minimum atomic E-state index is -0.633. The minimum absolute atomic E-state index is 0.0456. The number of halogens is 2. The van der Waals surface area contributed by atoms with Gasteiger partial charge in [-0.15, -0.1) is 0 Å². The number of hydrogen-bond donors (Lipinski definition) is 0. The van der Waals surface area contributed by atoms with Crippen molar-refractivity contribution in [2.24, 2.45) is 0 Å². The van der Waals surface area contributed by atoms with Crippen molar-refractivity contribution in [1.29, 1.82) is 0 Å². The Morgan fingerprint density at radius 3 is 2.74 bits per heavy atom. The number of nitrogens with zero attached hydrogens (tertiary/aromatic N) is 4. The molecule has 7 nitrogen and oxygen atoms in total. The van der Waals surface area contributed by atoms with Gasteiger partial charge in [0.1, 0.15) is 11.1 Å². The van der Waals surface area contributed by atoms with Crippen LogP contribution in [-0.4, -0.2) is 52.2 Å². The fourth-order valence-corrected chi connectivity index (χ4v) is 3.78. The zero-order valence-electron chi connectivity index (χ0n) is 17.9. The number of amides is 1. The van der Waals surface area contributed by atoms with Crippen LogP contribution >= 0.6 is 11.6 Å². The highest BCUT2D eigenvalue weighted by Gasteiger charge is 2.32. The van der Waals surface area contributed by atoms with Crippen molar-refractivity contribution < 1.29 is 18.3 Å². The largest absolute Gasteiger partial charge is 0.444 e. The smallest absolute Gasteiger partial charge is 0.410 e. The molecule has 1 amide bonds. The Bertz CT molecular complexity index is 1110. The van der Waals surface area contributed by atoms with Crippen LogP contribution in [0, 0.1) is 5.82 Å². The number of fused-ring (bicyclic) bond motifs is 1. The van der Waals surface area contributed by atoms with Gasteiger partial charge in [-0.3, -0.25) is 4.98 Å². The summed E-state index contributed by atoms with van der Waals surface area (Å²) in [4.78, 5) is 24.7. The summed E-state index contributed by atoms with van der Waals surface area (Å²) < 4.78 is 26.2. The number of ether oxygens (including phenoxy) is 1. The van der Waals surface area contributed by atoms with Crippen molar-refractivity contribution in [1.82, 2.24) is 14.9 Å². The van der Waals surface area contributed by atoms with Gasteiger partial charge in [0.15, 0.2) is 11.4 Å². The number of aromatic nitrogens is 2. The van der Waals surface area contributed by atoms with Crippen LogP contribution in [0.15, 0.2) is 34.9 Å². The maximum atomic E-state index is 14.7. The molecule has 1 aromatic carbocycles. The van der Waals surface area contributed by atoms with Gasteiger partial charge in [-0.05, 0) is 45.9 Å². The van der Waals surface area contributed by atoms with E-state index in [1.165, 1.54) is 6.07 Å². The van der Waals surface area contributed by atoms with Crippen molar-refractivity contribution in [3.8, 4) is 11.3 Å². The highest BCUT2D eigenvalue weighted by atomic mass is 35.5. The maximum absolute atomic E-state index is 14.7. The molecule has 4 rings (SSSR count). The first-order valence-electron chi connectivity index (χ1n) is 10.1. The molecule has 0 unspecified atom stereocenters. The van der Waals surface area contributed by atoms with Crippen molar-refractivity contribution in [3.05, 3.63) is 41.3 Å².